The monoisotopic (exact) mass is 471 g/mol. The van der Waals surface area contributed by atoms with E-state index in [0.717, 1.165) is 34.9 Å². The Bertz CT molecular complexity index is 1200. The first kappa shape index (κ1) is 24.5. The van der Waals surface area contributed by atoms with Crippen LogP contribution in [0, 0.1) is 0 Å². The van der Waals surface area contributed by atoms with Crippen molar-refractivity contribution in [3.05, 3.63) is 77.9 Å². The summed E-state index contributed by atoms with van der Waals surface area (Å²) in [5.41, 5.74) is 2.46. The van der Waals surface area contributed by atoms with Crippen LogP contribution in [-0.2, 0) is 16.0 Å². The smallest absolute Gasteiger partial charge is 0.259 e. The number of hydrogen-bond donors (Lipinski definition) is 1. The highest BCUT2D eigenvalue weighted by atomic mass is 16.2. The summed E-state index contributed by atoms with van der Waals surface area (Å²) in [5.74, 6) is -0.536. The van der Waals surface area contributed by atoms with Crippen LogP contribution < -0.4 is 10.2 Å². The van der Waals surface area contributed by atoms with Crippen LogP contribution >= 0.6 is 0 Å². The zero-order valence-corrected chi connectivity index (χ0v) is 20.5. The van der Waals surface area contributed by atoms with Crippen LogP contribution in [0.1, 0.15) is 49.0 Å². The predicted molar refractivity (Wildman–Crippen MR) is 139 cm³/mol. The lowest BCUT2D eigenvalue weighted by Gasteiger charge is -2.32. The van der Waals surface area contributed by atoms with Crippen LogP contribution in [0.25, 0.3) is 10.8 Å². The largest absolute Gasteiger partial charge is 0.354 e. The maximum atomic E-state index is 13.7. The van der Waals surface area contributed by atoms with Gasteiger partial charge in [0.05, 0.1) is 5.69 Å². The minimum absolute atomic E-state index is 0.0971. The molecule has 1 N–H and O–H groups in total. The summed E-state index contributed by atoms with van der Waals surface area (Å²) in [6.07, 6.45) is 3.01. The Morgan fingerprint density at radius 1 is 0.971 bits per heavy atom. The van der Waals surface area contributed by atoms with Crippen LogP contribution in [0.3, 0.4) is 0 Å². The van der Waals surface area contributed by atoms with Gasteiger partial charge in [-0.15, -0.1) is 0 Å². The van der Waals surface area contributed by atoms with Gasteiger partial charge in [-0.1, -0.05) is 74.9 Å². The molecule has 1 heterocycles. The number of amides is 3. The zero-order valence-electron chi connectivity index (χ0n) is 20.5. The van der Waals surface area contributed by atoms with Gasteiger partial charge in [0.2, 0.25) is 11.8 Å². The van der Waals surface area contributed by atoms with E-state index in [2.05, 4.69) is 12.2 Å². The Morgan fingerprint density at radius 2 is 1.71 bits per heavy atom. The fourth-order valence-electron chi connectivity index (χ4n) is 4.76. The molecule has 0 fully saturated rings. The molecular weight excluding hydrogens is 438 g/mol. The molecule has 182 valence electrons. The number of carbonyl (C=O) groups excluding carboxylic acids is 3. The average Bonchev–Trinajstić information content (AvgIpc) is 3.15. The Balaban J connectivity index is 1.57. The SMILES string of the molecule is CCCCNC(=O)C(CC)N(CCc1ccccc1)C(=O)CN1C(=O)c2cccc3cccc1c23. The van der Waals surface area contributed by atoms with Gasteiger partial charge in [0.1, 0.15) is 12.6 Å². The summed E-state index contributed by atoms with van der Waals surface area (Å²) in [5, 5.41) is 4.85. The van der Waals surface area contributed by atoms with Crippen molar-refractivity contribution in [3.8, 4) is 0 Å². The topological polar surface area (TPSA) is 69.7 Å². The molecular formula is C29H33N3O3. The molecule has 1 unspecified atom stereocenters. The number of rotatable bonds is 11. The van der Waals surface area contributed by atoms with Gasteiger partial charge in [-0.2, -0.15) is 0 Å². The highest BCUT2D eigenvalue weighted by molar-refractivity contribution is 6.26. The molecule has 6 heteroatoms. The van der Waals surface area contributed by atoms with Gasteiger partial charge in [0.25, 0.3) is 5.91 Å². The molecule has 0 bridgehead atoms. The lowest BCUT2D eigenvalue weighted by atomic mass is 10.1. The lowest BCUT2D eigenvalue weighted by molar-refractivity contribution is -0.139. The number of nitrogens with one attached hydrogen (secondary N) is 1. The second-order valence-corrected chi connectivity index (χ2v) is 8.96. The summed E-state index contributed by atoms with van der Waals surface area (Å²) >= 11 is 0. The van der Waals surface area contributed by atoms with E-state index >= 15 is 0 Å². The number of unbranched alkanes of at least 4 members (excludes halogenated alkanes) is 1. The van der Waals surface area contributed by atoms with Crippen molar-refractivity contribution >= 4 is 34.2 Å². The minimum Gasteiger partial charge on any atom is -0.354 e. The third-order valence-electron chi connectivity index (χ3n) is 6.64. The molecule has 0 radical (unpaired) electrons. The highest BCUT2D eigenvalue weighted by Gasteiger charge is 2.34. The van der Waals surface area contributed by atoms with Crippen molar-refractivity contribution in [2.24, 2.45) is 0 Å². The third-order valence-corrected chi connectivity index (χ3v) is 6.64. The standard InChI is InChI=1S/C29H33N3O3/c1-3-5-18-30-28(34)24(4-2)31(19-17-21-11-7-6-8-12-21)26(33)20-32-25-16-10-14-22-13-9-15-23(27(22)25)29(32)35/h6-16,24H,3-5,17-20H2,1-2H3,(H,30,34). The number of benzene rings is 3. The zero-order chi connectivity index (χ0) is 24.8. The van der Waals surface area contributed by atoms with Crippen molar-refractivity contribution in [1.29, 1.82) is 0 Å². The van der Waals surface area contributed by atoms with Crippen molar-refractivity contribution < 1.29 is 14.4 Å². The molecule has 1 aliphatic heterocycles. The van der Waals surface area contributed by atoms with Crippen LogP contribution in [0.5, 0.6) is 0 Å². The molecule has 0 saturated heterocycles. The summed E-state index contributed by atoms with van der Waals surface area (Å²) in [4.78, 5) is 43.2. The van der Waals surface area contributed by atoms with Crippen LogP contribution in [0.15, 0.2) is 66.7 Å². The molecule has 4 rings (SSSR count). The summed E-state index contributed by atoms with van der Waals surface area (Å²) in [6, 6.07) is 20.8. The number of hydrogen-bond acceptors (Lipinski definition) is 3. The first-order chi connectivity index (χ1) is 17.0. The molecule has 0 saturated carbocycles. The highest BCUT2D eigenvalue weighted by Crippen LogP contribution is 2.37. The quantitative estimate of drug-likeness (QED) is 0.417. The van der Waals surface area contributed by atoms with E-state index in [1.54, 1.807) is 9.80 Å². The predicted octanol–water partition coefficient (Wildman–Crippen LogP) is 4.57. The summed E-state index contributed by atoms with van der Waals surface area (Å²) in [6.45, 7) is 4.89. The van der Waals surface area contributed by atoms with E-state index in [1.165, 1.54) is 0 Å². The van der Waals surface area contributed by atoms with Gasteiger partial charge in [0, 0.05) is 24.0 Å². The van der Waals surface area contributed by atoms with E-state index in [1.807, 2.05) is 73.7 Å². The Labute approximate surface area is 206 Å². The summed E-state index contributed by atoms with van der Waals surface area (Å²) < 4.78 is 0. The summed E-state index contributed by atoms with van der Waals surface area (Å²) in [7, 11) is 0. The van der Waals surface area contributed by atoms with E-state index in [4.69, 9.17) is 0 Å². The van der Waals surface area contributed by atoms with Gasteiger partial charge in [0.15, 0.2) is 0 Å². The third kappa shape index (κ3) is 5.21. The fraction of sp³-hybridized carbons (Fsp3) is 0.345. The average molecular weight is 472 g/mol. The molecule has 0 aliphatic carbocycles. The maximum absolute atomic E-state index is 13.7. The molecule has 1 atom stereocenters. The van der Waals surface area contributed by atoms with Crippen molar-refractivity contribution in [2.75, 3.05) is 24.5 Å². The van der Waals surface area contributed by atoms with Crippen molar-refractivity contribution in [2.45, 2.75) is 45.6 Å². The molecule has 6 nitrogen and oxygen atoms in total. The van der Waals surface area contributed by atoms with Crippen molar-refractivity contribution in [3.63, 3.8) is 0 Å². The van der Waals surface area contributed by atoms with Gasteiger partial charge < -0.3 is 10.2 Å². The second-order valence-electron chi connectivity index (χ2n) is 8.96. The van der Waals surface area contributed by atoms with Crippen molar-refractivity contribution in [1.82, 2.24) is 10.2 Å². The Hall–Kier alpha value is -3.67. The van der Waals surface area contributed by atoms with Crippen LogP contribution in [-0.4, -0.2) is 48.3 Å². The first-order valence-electron chi connectivity index (χ1n) is 12.5. The first-order valence-corrected chi connectivity index (χ1v) is 12.5. The second kappa shape index (κ2) is 11.2. The Morgan fingerprint density at radius 3 is 2.43 bits per heavy atom. The normalized spacial score (nSPS) is 13.2. The number of carbonyl (C=O) groups is 3. The van der Waals surface area contributed by atoms with Crippen LogP contribution in [0.4, 0.5) is 5.69 Å². The maximum Gasteiger partial charge on any atom is 0.259 e. The lowest BCUT2D eigenvalue weighted by Crippen LogP contribution is -2.53. The fourth-order valence-corrected chi connectivity index (χ4v) is 4.76. The molecule has 3 aromatic rings. The Kier molecular flexibility index (Phi) is 7.80. The molecule has 3 aromatic carbocycles. The number of nitrogens with zero attached hydrogens (tertiary/aromatic N) is 2. The molecule has 35 heavy (non-hydrogen) atoms. The minimum atomic E-state index is -0.584. The van der Waals surface area contributed by atoms with Crippen LogP contribution in [0.2, 0.25) is 0 Å². The van der Waals surface area contributed by atoms with Gasteiger partial charge in [-0.3, -0.25) is 19.3 Å². The molecule has 1 aliphatic rings. The molecule has 0 aromatic heterocycles. The van der Waals surface area contributed by atoms with Gasteiger partial charge >= 0.3 is 0 Å². The molecule has 3 amide bonds. The van der Waals surface area contributed by atoms with Gasteiger partial charge in [-0.25, -0.2) is 0 Å². The van der Waals surface area contributed by atoms with E-state index in [9.17, 15) is 14.4 Å². The van der Waals surface area contributed by atoms with E-state index in [-0.39, 0.29) is 24.3 Å². The van der Waals surface area contributed by atoms with E-state index in [0.29, 0.717) is 31.5 Å². The molecule has 0 spiro atoms. The van der Waals surface area contributed by atoms with E-state index < -0.39 is 6.04 Å². The van der Waals surface area contributed by atoms with Gasteiger partial charge in [-0.05, 0) is 42.3 Å². The number of anilines is 1.